The number of carboxylic acids is 2. The summed E-state index contributed by atoms with van der Waals surface area (Å²) in [6.45, 7) is 6.19. The number of rotatable bonds is 4. The molecule has 0 radical (unpaired) electrons. The highest BCUT2D eigenvalue weighted by Gasteiger charge is 2.22. The van der Waals surface area contributed by atoms with Crippen molar-refractivity contribution in [1.82, 2.24) is 9.88 Å². The predicted molar refractivity (Wildman–Crippen MR) is 93.5 cm³/mol. The molecule has 1 aliphatic heterocycles. The number of ether oxygens (including phenoxy) is 1. The predicted octanol–water partition coefficient (Wildman–Crippen LogP) is 2.27. The SMILES string of the molecule is CCN1CCOC(c2cccc3[nH]ccc23)C1.O=C(O)/C=C/C(=O)O. The lowest BCUT2D eigenvalue weighted by molar-refractivity contribution is -0.134. The molecular weight excluding hydrogens is 324 g/mol. The van der Waals surface area contributed by atoms with Gasteiger partial charge in [-0.3, -0.25) is 4.90 Å². The molecule has 0 saturated carbocycles. The summed E-state index contributed by atoms with van der Waals surface area (Å²) in [6.07, 6.45) is 3.32. The second-order valence-corrected chi connectivity index (χ2v) is 5.55. The highest BCUT2D eigenvalue weighted by Crippen LogP contribution is 2.28. The van der Waals surface area contributed by atoms with Crippen molar-refractivity contribution >= 4 is 22.8 Å². The van der Waals surface area contributed by atoms with E-state index >= 15 is 0 Å². The van der Waals surface area contributed by atoms with Crippen molar-refractivity contribution < 1.29 is 24.5 Å². The Balaban J connectivity index is 0.000000242. The third-order valence-corrected chi connectivity index (χ3v) is 3.94. The number of nitrogens with one attached hydrogen (secondary N) is 1. The molecule has 1 unspecified atom stereocenters. The molecule has 25 heavy (non-hydrogen) atoms. The van der Waals surface area contributed by atoms with E-state index < -0.39 is 11.9 Å². The van der Waals surface area contributed by atoms with Crippen molar-refractivity contribution in [2.45, 2.75) is 13.0 Å². The highest BCUT2D eigenvalue weighted by molar-refractivity contribution is 5.89. The molecule has 1 atom stereocenters. The normalized spacial score (nSPS) is 18.0. The average Bonchev–Trinajstić information content (AvgIpc) is 3.09. The zero-order valence-electron chi connectivity index (χ0n) is 14.0. The molecular formula is C18H22N2O5. The van der Waals surface area contributed by atoms with Crippen molar-refractivity contribution in [1.29, 1.82) is 0 Å². The van der Waals surface area contributed by atoms with E-state index in [-0.39, 0.29) is 6.10 Å². The van der Waals surface area contributed by atoms with Crippen LogP contribution < -0.4 is 0 Å². The Kier molecular flexibility index (Phi) is 6.73. The van der Waals surface area contributed by atoms with Gasteiger partial charge in [0.05, 0.1) is 12.7 Å². The second-order valence-electron chi connectivity index (χ2n) is 5.55. The van der Waals surface area contributed by atoms with Crippen LogP contribution in [-0.4, -0.2) is 58.3 Å². The summed E-state index contributed by atoms with van der Waals surface area (Å²) in [4.78, 5) is 24.8. The fourth-order valence-corrected chi connectivity index (χ4v) is 2.71. The van der Waals surface area contributed by atoms with Gasteiger partial charge < -0.3 is 19.9 Å². The summed E-state index contributed by atoms with van der Waals surface area (Å²) in [5.41, 5.74) is 2.50. The van der Waals surface area contributed by atoms with Crippen LogP contribution in [0.2, 0.25) is 0 Å². The van der Waals surface area contributed by atoms with Crippen LogP contribution in [0.15, 0.2) is 42.6 Å². The number of aromatic nitrogens is 1. The van der Waals surface area contributed by atoms with Crippen LogP contribution in [0.3, 0.4) is 0 Å². The minimum Gasteiger partial charge on any atom is -0.478 e. The second kappa shape index (κ2) is 9.00. The molecule has 2 heterocycles. The third kappa shape index (κ3) is 5.44. The maximum atomic E-state index is 9.55. The van der Waals surface area contributed by atoms with Crippen LogP contribution in [0.4, 0.5) is 0 Å². The molecule has 2 aromatic rings. The minimum absolute atomic E-state index is 0.211. The van der Waals surface area contributed by atoms with Gasteiger partial charge in [0.2, 0.25) is 0 Å². The van der Waals surface area contributed by atoms with Crippen LogP contribution in [0.1, 0.15) is 18.6 Å². The number of nitrogens with zero attached hydrogens (tertiary/aromatic N) is 1. The Morgan fingerprint density at radius 3 is 2.64 bits per heavy atom. The minimum atomic E-state index is -1.26. The number of morpholine rings is 1. The zero-order valence-corrected chi connectivity index (χ0v) is 14.0. The first-order valence-electron chi connectivity index (χ1n) is 8.05. The first-order chi connectivity index (χ1) is 12.0. The number of carbonyl (C=O) groups is 2. The Bertz CT molecular complexity index is 737. The van der Waals surface area contributed by atoms with Crippen molar-refractivity contribution in [2.75, 3.05) is 26.2 Å². The molecule has 0 amide bonds. The van der Waals surface area contributed by atoms with Gasteiger partial charge in [-0.1, -0.05) is 19.1 Å². The quantitative estimate of drug-likeness (QED) is 0.734. The number of benzene rings is 1. The number of aromatic amines is 1. The van der Waals surface area contributed by atoms with Gasteiger partial charge in [0, 0.05) is 42.3 Å². The number of hydrogen-bond donors (Lipinski definition) is 3. The summed E-state index contributed by atoms with van der Waals surface area (Å²) in [5.74, 6) is -2.51. The molecule has 1 saturated heterocycles. The zero-order chi connectivity index (χ0) is 18.2. The lowest BCUT2D eigenvalue weighted by Gasteiger charge is -2.32. The van der Waals surface area contributed by atoms with Gasteiger partial charge in [-0.2, -0.15) is 0 Å². The molecule has 3 N–H and O–H groups in total. The van der Waals surface area contributed by atoms with Crippen LogP contribution in [0.5, 0.6) is 0 Å². The van der Waals surface area contributed by atoms with E-state index in [0.717, 1.165) is 26.2 Å². The Labute approximate surface area is 145 Å². The van der Waals surface area contributed by atoms with Gasteiger partial charge in [0.25, 0.3) is 0 Å². The van der Waals surface area contributed by atoms with E-state index in [0.29, 0.717) is 12.2 Å². The summed E-state index contributed by atoms with van der Waals surface area (Å²) >= 11 is 0. The van der Waals surface area contributed by atoms with Crippen molar-refractivity contribution in [3.63, 3.8) is 0 Å². The van der Waals surface area contributed by atoms with E-state index in [2.05, 4.69) is 41.1 Å². The van der Waals surface area contributed by atoms with Crippen molar-refractivity contribution in [3.05, 3.63) is 48.2 Å². The molecule has 0 bridgehead atoms. The third-order valence-electron chi connectivity index (χ3n) is 3.94. The number of hydrogen-bond acceptors (Lipinski definition) is 4. The molecule has 1 aromatic carbocycles. The Morgan fingerprint density at radius 1 is 1.28 bits per heavy atom. The topological polar surface area (TPSA) is 103 Å². The lowest BCUT2D eigenvalue weighted by Crippen LogP contribution is -2.38. The number of carboxylic acid groups (broad SMARTS) is 2. The van der Waals surface area contributed by atoms with E-state index in [1.165, 1.54) is 16.5 Å². The fraction of sp³-hybridized carbons (Fsp3) is 0.333. The van der Waals surface area contributed by atoms with E-state index in [4.69, 9.17) is 14.9 Å². The molecule has 0 aliphatic carbocycles. The van der Waals surface area contributed by atoms with E-state index in [9.17, 15) is 9.59 Å². The van der Waals surface area contributed by atoms with Gasteiger partial charge in [-0.05, 0) is 24.2 Å². The standard InChI is InChI=1S/C14H18N2O.C4H4O4/c1-2-16-8-9-17-14(10-16)12-4-3-5-13-11(12)6-7-15-13;5-3(6)1-2-4(7)8/h3-7,14-15H,2,8-10H2,1H3;1-2H,(H,5,6)(H,7,8)/b;2-1+. The molecule has 1 fully saturated rings. The maximum absolute atomic E-state index is 9.55. The van der Waals surface area contributed by atoms with Crippen molar-refractivity contribution in [3.8, 4) is 0 Å². The van der Waals surface area contributed by atoms with Crippen LogP contribution in [-0.2, 0) is 14.3 Å². The molecule has 1 aliphatic rings. The molecule has 7 heteroatoms. The van der Waals surface area contributed by atoms with Crippen LogP contribution >= 0.6 is 0 Å². The maximum Gasteiger partial charge on any atom is 0.328 e. The highest BCUT2D eigenvalue weighted by atomic mass is 16.5. The van der Waals surface area contributed by atoms with Gasteiger partial charge in [-0.15, -0.1) is 0 Å². The number of H-pyrrole nitrogens is 1. The lowest BCUT2D eigenvalue weighted by atomic mass is 10.0. The summed E-state index contributed by atoms with van der Waals surface area (Å²) < 4.78 is 5.92. The first-order valence-corrected chi connectivity index (χ1v) is 8.05. The van der Waals surface area contributed by atoms with Crippen LogP contribution in [0, 0.1) is 0 Å². The average molecular weight is 346 g/mol. The smallest absolute Gasteiger partial charge is 0.328 e. The summed E-state index contributed by atoms with van der Waals surface area (Å²) in [5, 5.41) is 16.9. The molecule has 3 rings (SSSR count). The van der Waals surface area contributed by atoms with E-state index in [1.54, 1.807) is 0 Å². The first kappa shape index (κ1) is 18.7. The van der Waals surface area contributed by atoms with Gasteiger partial charge in [0.15, 0.2) is 0 Å². The van der Waals surface area contributed by atoms with Crippen LogP contribution in [0.25, 0.3) is 10.9 Å². The fourth-order valence-electron chi connectivity index (χ4n) is 2.71. The van der Waals surface area contributed by atoms with E-state index in [1.807, 2.05) is 6.20 Å². The summed E-state index contributed by atoms with van der Waals surface area (Å²) in [6, 6.07) is 8.53. The van der Waals surface area contributed by atoms with Gasteiger partial charge >= 0.3 is 11.9 Å². The molecule has 1 aromatic heterocycles. The largest absolute Gasteiger partial charge is 0.478 e. The van der Waals surface area contributed by atoms with Gasteiger partial charge in [0.1, 0.15) is 0 Å². The number of likely N-dealkylation sites (N-methyl/N-ethyl adjacent to an activating group) is 1. The molecule has 0 spiro atoms. The number of aliphatic carboxylic acids is 2. The van der Waals surface area contributed by atoms with Crippen molar-refractivity contribution in [2.24, 2.45) is 0 Å². The monoisotopic (exact) mass is 346 g/mol. The molecule has 7 nitrogen and oxygen atoms in total. The number of fused-ring (bicyclic) bond motifs is 1. The van der Waals surface area contributed by atoms with Gasteiger partial charge in [-0.25, -0.2) is 9.59 Å². The summed E-state index contributed by atoms with van der Waals surface area (Å²) in [7, 11) is 0. The Morgan fingerprint density at radius 2 is 2.00 bits per heavy atom. The Hall–Kier alpha value is -2.64. The molecule has 134 valence electrons.